The van der Waals surface area contributed by atoms with Gasteiger partial charge in [0.25, 0.3) is 15.9 Å². The summed E-state index contributed by atoms with van der Waals surface area (Å²) in [6.45, 7) is 3.39. The molecule has 1 aromatic heterocycles. The molecule has 1 fully saturated rings. The average molecular weight is 478 g/mol. The van der Waals surface area contributed by atoms with Crippen molar-refractivity contribution in [2.24, 2.45) is 0 Å². The molecule has 0 bridgehead atoms. The second-order valence-electron chi connectivity index (χ2n) is 7.41. The highest BCUT2D eigenvalue weighted by atomic mass is 35.5. The van der Waals surface area contributed by atoms with Gasteiger partial charge in [0.1, 0.15) is 11.6 Å². The second kappa shape index (κ2) is 9.32. The maximum Gasteiger partial charge on any atom is 0.261 e. The first kappa shape index (κ1) is 22.3. The van der Waals surface area contributed by atoms with Crippen LogP contribution in [0.4, 0.5) is 10.1 Å². The molecule has 0 spiro atoms. The number of nitrogens with zero attached hydrogens (tertiary/aromatic N) is 2. The third-order valence-corrected chi connectivity index (χ3v) is 6.87. The lowest BCUT2D eigenvalue weighted by Gasteiger charge is -2.34. The summed E-state index contributed by atoms with van der Waals surface area (Å²) in [4.78, 5) is 16.7. The van der Waals surface area contributed by atoms with Gasteiger partial charge in [-0.25, -0.2) is 12.8 Å². The van der Waals surface area contributed by atoms with Crippen LogP contribution in [-0.2, 0) is 16.6 Å². The molecule has 2 heterocycles. The third-order valence-electron chi connectivity index (χ3n) is 5.20. The van der Waals surface area contributed by atoms with E-state index < -0.39 is 15.8 Å². The average Bonchev–Trinajstić information content (AvgIpc) is 3.29. The summed E-state index contributed by atoms with van der Waals surface area (Å²) >= 11 is 5.68. The van der Waals surface area contributed by atoms with E-state index in [4.69, 9.17) is 16.0 Å². The van der Waals surface area contributed by atoms with Crippen LogP contribution >= 0.6 is 11.6 Å². The lowest BCUT2D eigenvalue weighted by molar-refractivity contribution is 0.0620. The van der Waals surface area contributed by atoms with Crippen LogP contribution in [0.5, 0.6) is 0 Å². The van der Waals surface area contributed by atoms with Crippen LogP contribution in [0.2, 0.25) is 5.02 Å². The molecule has 0 atom stereocenters. The molecule has 10 heteroatoms. The fourth-order valence-corrected chi connectivity index (χ4v) is 4.78. The van der Waals surface area contributed by atoms with Crippen molar-refractivity contribution in [3.63, 3.8) is 0 Å². The number of carbonyl (C=O) groups is 1. The monoisotopic (exact) mass is 477 g/mol. The van der Waals surface area contributed by atoms with Crippen molar-refractivity contribution in [3.8, 4) is 0 Å². The Kier molecular flexibility index (Phi) is 6.50. The summed E-state index contributed by atoms with van der Waals surface area (Å²) in [6, 6.07) is 13.1. The maximum atomic E-state index is 13.3. The van der Waals surface area contributed by atoms with E-state index in [0.717, 1.165) is 37.0 Å². The zero-order chi connectivity index (χ0) is 22.7. The topological polar surface area (TPSA) is 82.9 Å². The Morgan fingerprint density at radius 1 is 1.06 bits per heavy atom. The zero-order valence-electron chi connectivity index (χ0n) is 17.0. The molecule has 7 nitrogen and oxygen atoms in total. The van der Waals surface area contributed by atoms with Crippen molar-refractivity contribution >= 4 is 33.2 Å². The smallest absolute Gasteiger partial charge is 0.261 e. The summed E-state index contributed by atoms with van der Waals surface area (Å²) in [5, 5.41) is -0.280. The highest BCUT2D eigenvalue weighted by molar-refractivity contribution is 7.92. The highest BCUT2D eigenvalue weighted by Crippen LogP contribution is 2.22. The van der Waals surface area contributed by atoms with Gasteiger partial charge >= 0.3 is 0 Å². The summed E-state index contributed by atoms with van der Waals surface area (Å²) in [5.41, 5.74) is 0.752. The van der Waals surface area contributed by atoms with Crippen LogP contribution in [0, 0.1) is 5.82 Å². The fraction of sp³-hybridized carbons (Fsp3) is 0.227. The number of halogens is 2. The summed E-state index contributed by atoms with van der Waals surface area (Å²) in [5.74, 6) is 0.0865. The van der Waals surface area contributed by atoms with Crippen molar-refractivity contribution in [1.82, 2.24) is 9.80 Å². The molecule has 1 N–H and O–H groups in total. The van der Waals surface area contributed by atoms with Gasteiger partial charge in [-0.3, -0.25) is 14.4 Å². The van der Waals surface area contributed by atoms with E-state index in [2.05, 4.69) is 9.62 Å². The summed E-state index contributed by atoms with van der Waals surface area (Å²) in [6.07, 6.45) is 1.65. The maximum absolute atomic E-state index is 13.3. The Bertz CT molecular complexity index is 1190. The Balaban J connectivity index is 1.36. The normalized spacial score (nSPS) is 15.0. The van der Waals surface area contributed by atoms with Crippen molar-refractivity contribution < 1.29 is 22.0 Å². The number of anilines is 1. The molecule has 4 rings (SSSR count). The lowest BCUT2D eigenvalue weighted by Crippen LogP contribution is -2.48. The Labute approximate surface area is 190 Å². The van der Waals surface area contributed by atoms with Crippen LogP contribution in [0.15, 0.2) is 70.2 Å². The van der Waals surface area contributed by atoms with Crippen molar-refractivity contribution in [3.05, 3.63) is 83.0 Å². The fourth-order valence-electron chi connectivity index (χ4n) is 3.45. The van der Waals surface area contributed by atoms with Gasteiger partial charge in [-0.05, 0) is 54.6 Å². The Morgan fingerprint density at radius 2 is 1.78 bits per heavy atom. The van der Waals surface area contributed by atoms with Crippen LogP contribution in [0.1, 0.15) is 16.1 Å². The van der Waals surface area contributed by atoms with Gasteiger partial charge in [0.2, 0.25) is 0 Å². The second-order valence-corrected chi connectivity index (χ2v) is 9.50. The predicted octanol–water partition coefficient (Wildman–Crippen LogP) is 3.83. The van der Waals surface area contributed by atoms with Gasteiger partial charge in [0.15, 0.2) is 0 Å². The molecule has 0 saturated carbocycles. The van der Waals surface area contributed by atoms with Gasteiger partial charge in [0, 0.05) is 37.4 Å². The van der Waals surface area contributed by atoms with Crippen molar-refractivity contribution in [2.75, 3.05) is 30.9 Å². The molecule has 0 aliphatic carbocycles. The van der Waals surface area contributed by atoms with E-state index in [1.165, 1.54) is 12.1 Å². The number of hydrogen-bond donors (Lipinski definition) is 1. The first-order valence-electron chi connectivity index (χ1n) is 9.94. The number of furan rings is 1. The van der Waals surface area contributed by atoms with Crippen LogP contribution in [0.3, 0.4) is 0 Å². The number of piperazine rings is 1. The number of benzene rings is 2. The minimum absolute atomic E-state index is 0.109. The summed E-state index contributed by atoms with van der Waals surface area (Å²) < 4.78 is 46.1. The van der Waals surface area contributed by atoms with Gasteiger partial charge in [-0.1, -0.05) is 11.6 Å². The minimum Gasteiger partial charge on any atom is -0.468 e. The molecular formula is C22H21ClFN3O4S. The number of sulfonamides is 1. The van der Waals surface area contributed by atoms with E-state index in [1.807, 2.05) is 12.1 Å². The Morgan fingerprint density at radius 3 is 2.41 bits per heavy atom. The molecule has 1 aliphatic rings. The molecule has 168 valence electrons. The lowest BCUT2D eigenvalue weighted by atomic mass is 10.1. The predicted molar refractivity (Wildman–Crippen MR) is 119 cm³/mol. The molecule has 0 radical (unpaired) electrons. The number of rotatable bonds is 6. The van der Waals surface area contributed by atoms with E-state index in [1.54, 1.807) is 23.3 Å². The molecule has 3 aromatic rings. The van der Waals surface area contributed by atoms with E-state index >= 15 is 0 Å². The van der Waals surface area contributed by atoms with Gasteiger partial charge in [-0.2, -0.15) is 0 Å². The molecule has 0 unspecified atom stereocenters. The van der Waals surface area contributed by atoms with E-state index in [-0.39, 0.29) is 21.5 Å². The molecule has 1 aliphatic heterocycles. The quantitative estimate of drug-likeness (QED) is 0.583. The zero-order valence-corrected chi connectivity index (χ0v) is 18.6. The highest BCUT2D eigenvalue weighted by Gasteiger charge is 2.23. The molecule has 32 heavy (non-hydrogen) atoms. The van der Waals surface area contributed by atoms with Crippen LogP contribution in [-0.4, -0.2) is 50.3 Å². The minimum atomic E-state index is -3.94. The first-order chi connectivity index (χ1) is 15.3. The van der Waals surface area contributed by atoms with Crippen molar-refractivity contribution in [1.29, 1.82) is 0 Å². The molecule has 1 saturated heterocycles. The van der Waals surface area contributed by atoms with Gasteiger partial charge in [0.05, 0.1) is 22.7 Å². The number of hydrogen-bond acceptors (Lipinski definition) is 5. The number of carbonyl (C=O) groups excluding carboxylic acids is 1. The largest absolute Gasteiger partial charge is 0.468 e. The molecule has 1 amide bonds. The van der Waals surface area contributed by atoms with E-state index in [0.29, 0.717) is 25.2 Å². The Hall–Kier alpha value is -2.88. The standard InChI is InChI=1S/C22H21ClFN3O4S/c23-20-14-19(7-8-21(20)24)32(29,30)25-17-5-3-16(4-6-17)22(28)27-11-9-26(10-12-27)15-18-2-1-13-31-18/h1-8,13-14,25H,9-12,15H2. The SMILES string of the molecule is O=C(c1ccc(NS(=O)(=O)c2ccc(F)c(Cl)c2)cc1)N1CCN(Cc2ccco2)CC1. The third kappa shape index (κ3) is 5.12. The van der Waals surface area contributed by atoms with Gasteiger partial charge in [-0.15, -0.1) is 0 Å². The molecular weight excluding hydrogens is 457 g/mol. The summed E-state index contributed by atoms with van der Waals surface area (Å²) in [7, 11) is -3.94. The number of nitrogens with one attached hydrogen (secondary N) is 1. The van der Waals surface area contributed by atoms with Gasteiger partial charge < -0.3 is 9.32 Å². The number of amides is 1. The van der Waals surface area contributed by atoms with Crippen molar-refractivity contribution in [2.45, 2.75) is 11.4 Å². The first-order valence-corrected chi connectivity index (χ1v) is 11.8. The van der Waals surface area contributed by atoms with Crippen LogP contribution < -0.4 is 4.72 Å². The molecule has 2 aromatic carbocycles. The van der Waals surface area contributed by atoms with Crippen LogP contribution in [0.25, 0.3) is 0 Å². The van der Waals surface area contributed by atoms with E-state index in [9.17, 15) is 17.6 Å².